The maximum Gasteiger partial charge on any atom is 0.0961 e. The first-order valence-electron chi connectivity index (χ1n) is 5.52. The maximum atomic E-state index is 5.74. The molecule has 2 unspecified atom stereocenters. The van der Waals surface area contributed by atoms with Gasteiger partial charge in [0, 0.05) is 6.04 Å². The second-order valence-electron chi connectivity index (χ2n) is 4.28. The molecule has 0 bridgehead atoms. The van der Waals surface area contributed by atoms with Crippen LogP contribution in [0.5, 0.6) is 0 Å². The van der Waals surface area contributed by atoms with Crippen LogP contribution in [0.2, 0.25) is 0 Å². The topological polar surface area (TPSA) is 43.8 Å². The molecule has 0 radical (unpaired) electrons. The summed E-state index contributed by atoms with van der Waals surface area (Å²) in [6.07, 6.45) is 4.45. The predicted octanol–water partition coefficient (Wildman–Crippen LogP) is 1.95. The van der Waals surface area contributed by atoms with Crippen LogP contribution < -0.4 is 5.73 Å². The lowest BCUT2D eigenvalue weighted by atomic mass is 9.79. The van der Waals surface area contributed by atoms with Gasteiger partial charge in [-0.2, -0.15) is 0 Å². The number of rotatable bonds is 2. The first-order valence-corrected chi connectivity index (χ1v) is 5.52. The van der Waals surface area contributed by atoms with E-state index in [2.05, 4.69) is 27.8 Å². The zero-order valence-corrected chi connectivity index (χ0v) is 8.63. The Kier molecular flexibility index (Phi) is 1.99. The largest absolute Gasteiger partial charge is 0.330 e. The fourth-order valence-electron chi connectivity index (χ4n) is 2.44. The SMILES string of the molecule is NCC1CCC1n1cnc2ccccc21. The van der Waals surface area contributed by atoms with Crippen molar-refractivity contribution in [2.24, 2.45) is 11.7 Å². The van der Waals surface area contributed by atoms with E-state index in [4.69, 9.17) is 5.73 Å². The Morgan fingerprint density at radius 3 is 2.93 bits per heavy atom. The molecule has 0 spiro atoms. The summed E-state index contributed by atoms with van der Waals surface area (Å²) < 4.78 is 2.29. The third kappa shape index (κ3) is 1.27. The van der Waals surface area contributed by atoms with Crippen LogP contribution in [0.1, 0.15) is 18.9 Å². The summed E-state index contributed by atoms with van der Waals surface area (Å²) in [5.74, 6) is 0.641. The smallest absolute Gasteiger partial charge is 0.0961 e. The van der Waals surface area contributed by atoms with E-state index in [1.54, 1.807) is 0 Å². The van der Waals surface area contributed by atoms with Crippen LogP contribution in [0.25, 0.3) is 11.0 Å². The third-order valence-corrected chi connectivity index (χ3v) is 3.52. The van der Waals surface area contributed by atoms with E-state index in [1.165, 1.54) is 18.4 Å². The van der Waals surface area contributed by atoms with E-state index in [1.807, 2.05) is 12.4 Å². The lowest BCUT2D eigenvalue weighted by Crippen LogP contribution is -2.34. The number of hydrogen-bond acceptors (Lipinski definition) is 2. The number of nitrogens with zero attached hydrogens (tertiary/aromatic N) is 2. The normalized spacial score (nSPS) is 25.4. The molecule has 3 nitrogen and oxygen atoms in total. The molecule has 2 N–H and O–H groups in total. The fraction of sp³-hybridized carbons (Fsp3) is 0.417. The highest BCUT2D eigenvalue weighted by molar-refractivity contribution is 5.75. The molecule has 3 heteroatoms. The van der Waals surface area contributed by atoms with Crippen LogP contribution in [-0.2, 0) is 0 Å². The van der Waals surface area contributed by atoms with Gasteiger partial charge in [0.25, 0.3) is 0 Å². The Hall–Kier alpha value is -1.35. The molecule has 3 rings (SSSR count). The molecule has 2 atom stereocenters. The van der Waals surface area contributed by atoms with Gasteiger partial charge >= 0.3 is 0 Å². The lowest BCUT2D eigenvalue weighted by molar-refractivity contribution is 0.193. The van der Waals surface area contributed by atoms with E-state index in [9.17, 15) is 0 Å². The Labute approximate surface area is 88.9 Å². The minimum atomic E-state index is 0.572. The third-order valence-electron chi connectivity index (χ3n) is 3.52. The van der Waals surface area contributed by atoms with Crippen LogP contribution in [0.3, 0.4) is 0 Å². The molecule has 1 saturated carbocycles. The standard InChI is InChI=1S/C12H15N3/c13-7-9-5-6-11(9)15-8-14-10-3-1-2-4-12(10)15/h1-4,8-9,11H,5-7,13H2. The summed E-state index contributed by atoms with van der Waals surface area (Å²) in [6.45, 7) is 0.789. The van der Waals surface area contributed by atoms with Crippen molar-refractivity contribution in [3.05, 3.63) is 30.6 Å². The summed E-state index contributed by atoms with van der Waals surface area (Å²) >= 11 is 0. The number of nitrogens with two attached hydrogens (primary N) is 1. The lowest BCUT2D eigenvalue weighted by Gasteiger charge is -2.37. The minimum Gasteiger partial charge on any atom is -0.330 e. The minimum absolute atomic E-state index is 0.572. The van der Waals surface area contributed by atoms with E-state index in [0.717, 1.165) is 12.1 Å². The highest BCUT2D eigenvalue weighted by atomic mass is 15.1. The number of aromatic nitrogens is 2. The molecule has 1 aromatic carbocycles. The molecule has 1 aliphatic carbocycles. The number of imidazole rings is 1. The highest BCUT2D eigenvalue weighted by Crippen LogP contribution is 2.39. The average molecular weight is 201 g/mol. The van der Waals surface area contributed by atoms with Gasteiger partial charge in [-0.1, -0.05) is 12.1 Å². The van der Waals surface area contributed by atoms with E-state index in [-0.39, 0.29) is 0 Å². The van der Waals surface area contributed by atoms with Gasteiger partial charge in [-0.25, -0.2) is 4.98 Å². The van der Waals surface area contributed by atoms with E-state index < -0.39 is 0 Å². The molecule has 1 aliphatic rings. The first kappa shape index (κ1) is 8.92. The van der Waals surface area contributed by atoms with Crippen molar-refractivity contribution >= 4 is 11.0 Å². The maximum absolute atomic E-state index is 5.74. The van der Waals surface area contributed by atoms with E-state index in [0.29, 0.717) is 12.0 Å². The molecule has 15 heavy (non-hydrogen) atoms. The van der Waals surface area contributed by atoms with Gasteiger partial charge in [-0.3, -0.25) is 0 Å². The van der Waals surface area contributed by atoms with Gasteiger partial charge in [0.1, 0.15) is 0 Å². The van der Waals surface area contributed by atoms with Crippen molar-refractivity contribution in [3.63, 3.8) is 0 Å². The molecular formula is C12H15N3. The second-order valence-corrected chi connectivity index (χ2v) is 4.28. The van der Waals surface area contributed by atoms with Gasteiger partial charge in [0.2, 0.25) is 0 Å². The molecule has 2 aromatic rings. The molecule has 1 fully saturated rings. The molecule has 0 amide bonds. The Morgan fingerprint density at radius 2 is 2.20 bits per heavy atom. The van der Waals surface area contributed by atoms with Gasteiger partial charge in [-0.05, 0) is 37.4 Å². The fourth-order valence-corrected chi connectivity index (χ4v) is 2.44. The molecule has 78 valence electrons. The number of para-hydroxylation sites is 2. The van der Waals surface area contributed by atoms with Crippen molar-refractivity contribution in [1.82, 2.24) is 9.55 Å². The van der Waals surface area contributed by atoms with Crippen LogP contribution >= 0.6 is 0 Å². The summed E-state index contributed by atoms with van der Waals surface area (Å²) in [4.78, 5) is 4.41. The van der Waals surface area contributed by atoms with Crippen molar-refractivity contribution in [2.45, 2.75) is 18.9 Å². The van der Waals surface area contributed by atoms with E-state index >= 15 is 0 Å². The number of hydrogen-bond donors (Lipinski definition) is 1. The first-order chi connectivity index (χ1) is 7.40. The van der Waals surface area contributed by atoms with Gasteiger partial charge in [0.15, 0.2) is 0 Å². The average Bonchev–Trinajstić information content (AvgIpc) is 2.62. The van der Waals surface area contributed by atoms with Crippen LogP contribution in [0, 0.1) is 5.92 Å². The van der Waals surface area contributed by atoms with Crippen molar-refractivity contribution < 1.29 is 0 Å². The molecule has 1 heterocycles. The quantitative estimate of drug-likeness (QED) is 0.807. The summed E-state index contributed by atoms with van der Waals surface area (Å²) in [7, 11) is 0. The molecular weight excluding hydrogens is 186 g/mol. The van der Waals surface area contributed by atoms with Gasteiger partial charge in [0.05, 0.1) is 17.4 Å². The zero-order chi connectivity index (χ0) is 10.3. The van der Waals surface area contributed by atoms with Crippen LogP contribution in [-0.4, -0.2) is 16.1 Å². The van der Waals surface area contributed by atoms with Crippen LogP contribution in [0.15, 0.2) is 30.6 Å². The summed E-state index contributed by atoms with van der Waals surface area (Å²) in [5, 5.41) is 0. The molecule has 0 aliphatic heterocycles. The predicted molar refractivity (Wildman–Crippen MR) is 60.5 cm³/mol. The van der Waals surface area contributed by atoms with Crippen molar-refractivity contribution in [3.8, 4) is 0 Å². The summed E-state index contributed by atoms with van der Waals surface area (Å²) in [5.41, 5.74) is 8.06. The Morgan fingerprint density at radius 1 is 1.33 bits per heavy atom. The molecule has 1 aromatic heterocycles. The highest BCUT2D eigenvalue weighted by Gasteiger charge is 2.31. The molecule has 0 saturated heterocycles. The zero-order valence-electron chi connectivity index (χ0n) is 8.63. The number of fused-ring (bicyclic) bond motifs is 1. The van der Waals surface area contributed by atoms with Crippen molar-refractivity contribution in [2.75, 3.05) is 6.54 Å². The van der Waals surface area contributed by atoms with Crippen molar-refractivity contribution in [1.29, 1.82) is 0 Å². The number of benzene rings is 1. The summed E-state index contributed by atoms with van der Waals surface area (Å²) in [6, 6.07) is 8.86. The van der Waals surface area contributed by atoms with Crippen LogP contribution in [0.4, 0.5) is 0 Å². The monoisotopic (exact) mass is 201 g/mol. The second kappa shape index (κ2) is 3.35. The van der Waals surface area contributed by atoms with Gasteiger partial charge < -0.3 is 10.3 Å². The Bertz CT molecular complexity index is 472. The Balaban J connectivity index is 2.04. The van der Waals surface area contributed by atoms with Gasteiger partial charge in [-0.15, -0.1) is 0 Å².